The average molecular weight is 892 g/mol. The molecule has 0 saturated carbocycles. The SMILES string of the molecule is CCCc1ccc(-c2nc(C)c(C(=O)NCC(=O)N(C)C3C(=O)N[C@@H](C)C(=O)NC(C(=O)NCC#N)Cc4ccc(OCCN)c(c4)-c4cc3ccc4OCCN)c(C)n2)cc1.CCN. The average Bonchev–Trinajstić information content (AvgIpc) is 3.28. The van der Waals surface area contributed by atoms with Crippen LogP contribution in [0.3, 0.4) is 0 Å². The number of carbonyl (C=O) groups excluding carboxylic acids is 5. The molecule has 18 heteroatoms. The van der Waals surface area contributed by atoms with Crippen LogP contribution in [-0.2, 0) is 32.0 Å². The Kier molecular flexibility index (Phi) is 19.3. The van der Waals surface area contributed by atoms with Crippen molar-refractivity contribution in [2.75, 3.05) is 53.0 Å². The van der Waals surface area contributed by atoms with Crippen LogP contribution in [0.1, 0.15) is 71.7 Å². The third kappa shape index (κ3) is 13.5. The van der Waals surface area contributed by atoms with E-state index in [4.69, 9.17) is 31.9 Å². The van der Waals surface area contributed by atoms with Crippen molar-refractivity contribution in [2.24, 2.45) is 17.2 Å². The number of nitriles is 1. The molecule has 0 aliphatic carbocycles. The molecular weight excluding hydrogens is 831 g/mol. The predicted octanol–water partition coefficient (Wildman–Crippen LogP) is 2.13. The van der Waals surface area contributed by atoms with E-state index in [1.807, 2.05) is 37.3 Å². The second-order valence-electron chi connectivity index (χ2n) is 15.3. The first-order valence-electron chi connectivity index (χ1n) is 21.6. The van der Waals surface area contributed by atoms with Gasteiger partial charge in [0.25, 0.3) is 5.91 Å². The number of nitrogens with two attached hydrogens (primary N) is 3. The highest BCUT2D eigenvalue weighted by molar-refractivity contribution is 5.99. The number of likely N-dealkylation sites (N-methyl/N-ethyl adjacent to an activating group) is 1. The van der Waals surface area contributed by atoms with E-state index in [9.17, 15) is 24.0 Å². The molecule has 5 amide bonds. The summed E-state index contributed by atoms with van der Waals surface area (Å²) in [7, 11) is 1.41. The number of rotatable bonds is 15. The molecule has 2 unspecified atom stereocenters. The van der Waals surface area contributed by atoms with Gasteiger partial charge in [0.2, 0.25) is 23.6 Å². The number of aryl methyl sites for hydroxylation is 3. The van der Waals surface area contributed by atoms with Gasteiger partial charge in [0.05, 0.1) is 29.6 Å². The number of benzene rings is 3. The van der Waals surface area contributed by atoms with Crippen molar-refractivity contribution in [3.05, 3.63) is 94.3 Å². The van der Waals surface area contributed by atoms with Gasteiger partial charge in [-0.1, -0.05) is 56.7 Å². The third-order valence-electron chi connectivity index (χ3n) is 10.2. The molecule has 10 N–H and O–H groups in total. The number of nitrogens with zero attached hydrogens (tertiary/aromatic N) is 4. The molecule has 5 rings (SSSR count). The standard InChI is InChI=1S/C45H54N10O7.C2H7N/c1-6-7-29-8-11-31(12-9-29)41-51-26(2)39(27(3)52-41)44(59)50-25-38(56)55(5)40-32-13-15-37(62-21-18-48)34(24-32)33-22-30(10-14-36(33)61-20-17-47)23-35(43(58)49-19-16-46)54-42(57)28(4)53-45(40)60;1-2-3/h8-15,22,24,28,35,40H,6-7,17-21,23,25,47-48H2,1-5H3,(H,49,58)(H,50,59)(H,53,60)(H,54,57);2-3H2,1H3/t28-,35?,40?;/m0./s1. The van der Waals surface area contributed by atoms with Gasteiger partial charge in [0.1, 0.15) is 49.4 Å². The van der Waals surface area contributed by atoms with Crippen LogP contribution < -0.4 is 47.9 Å². The summed E-state index contributed by atoms with van der Waals surface area (Å²) < 4.78 is 12.1. The lowest BCUT2D eigenvalue weighted by atomic mass is 9.93. The first-order chi connectivity index (χ1) is 31.2. The largest absolute Gasteiger partial charge is 0.492 e. The summed E-state index contributed by atoms with van der Waals surface area (Å²) >= 11 is 0. The normalized spacial score (nSPS) is 15.7. The summed E-state index contributed by atoms with van der Waals surface area (Å²) in [6.07, 6.45) is 2.00. The zero-order valence-electron chi connectivity index (χ0n) is 38.0. The molecule has 0 radical (unpaired) electrons. The molecule has 4 bridgehead atoms. The van der Waals surface area contributed by atoms with E-state index in [-0.39, 0.29) is 44.8 Å². The highest BCUT2D eigenvalue weighted by atomic mass is 16.5. The van der Waals surface area contributed by atoms with Crippen LogP contribution in [0.5, 0.6) is 11.5 Å². The van der Waals surface area contributed by atoms with Crippen LogP contribution in [0, 0.1) is 25.2 Å². The molecule has 1 aromatic heterocycles. The van der Waals surface area contributed by atoms with E-state index in [1.165, 1.54) is 24.4 Å². The summed E-state index contributed by atoms with van der Waals surface area (Å²) in [5.41, 5.74) is 21.5. The number of aromatic nitrogens is 2. The summed E-state index contributed by atoms with van der Waals surface area (Å²) in [6, 6.07) is 16.3. The summed E-state index contributed by atoms with van der Waals surface area (Å²) in [4.78, 5) is 79.2. The van der Waals surface area contributed by atoms with Crippen LogP contribution in [0.4, 0.5) is 0 Å². The molecule has 4 aromatic rings. The molecule has 2 heterocycles. The van der Waals surface area contributed by atoms with Gasteiger partial charge in [-0.15, -0.1) is 0 Å². The van der Waals surface area contributed by atoms with Gasteiger partial charge >= 0.3 is 0 Å². The Labute approximate surface area is 380 Å². The lowest BCUT2D eigenvalue weighted by Crippen LogP contribution is -2.55. The molecule has 0 saturated heterocycles. The van der Waals surface area contributed by atoms with E-state index < -0.39 is 54.2 Å². The Morgan fingerprint density at radius 3 is 2.05 bits per heavy atom. The van der Waals surface area contributed by atoms with Gasteiger partial charge in [-0.05, 0) is 74.7 Å². The predicted molar refractivity (Wildman–Crippen MR) is 246 cm³/mol. The van der Waals surface area contributed by atoms with Gasteiger partial charge in [-0.2, -0.15) is 5.26 Å². The number of carbonyl (C=O) groups is 5. The second kappa shape index (κ2) is 24.8. The van der Waals surface area contributed by atoms with Crippen LogP contribution in [0.15, 0.2) is 60.7 Å². The van der Waals surface area contributed by atoms with Crippen molar-refractivity contribution >= 4 is 29.5 Å². The van der Waals surface area contributed by atoms with Crippen LogP contribution in [0.25, 0.3) is 22.5 Å². The zero-order valence-corrected chi connectivity index (χ0v) is 38.0. The van der Waals surface area contributed by atoms with Gasteiger partial charge in [-0.25, -0.2) is 9.97 Å². The van der Waals surface area contributed by atoms with Crippen molar-refractivity contribution in [3.63, 3.8) is 0 Å². The number of ether oxygens (including phenoxy) is 2. The molecule has 0 spiro atoms. The molecule has 3 atom stereocenters. The topological polar surface area (TPSA) is 283 Å². The Morgan fingerprint density at radius 1 is 0.862 bits per heavy atom. The first-order valence-corrected chi connectivity index (χ1v) is 21.6. The van der Waals surface area contributed by atoms with E-state index >= 15 is 0 Å². The zero-order chi connectivity index (χ0) is 47.6. The first kappa shape index (κ1) is 50.7. The van der Waals surface area contributed by atoms with Crippen molar-refractivity contribution in [1.82, 2.24) is 36.1 Å². The minimum atomic E-state index is -1.35. The monoisotopic (exact) mass is 891 g/mol. The molecular formula is C47H61N11O7. The van der Waals surface area contributed by atoms with Crippen molar-refractivity contribution in [1.29, 1.82) is 5.26 Å². The maximum absolute atomic E-state index is 14.3. The van der Waals surface area contributed by atoms with E-state index in [0.29, 0.717) is 51.0 Å². The molecule has 65 heavy (non-hydrogen) atoms. The molecule has 0 fully saturated rings. The van der Waals surface area contributed by atoms with E-state index in [0.717, 1.165) is 24.9 Å². The fourth-order valence-corrected chi connectivity index (χ4v) is 7.13. The van der Waals surface area contributed by atoms with Gasteiger partial charge < -0.3 is 52.8 Å². The van der Waals surface area contributed by atoms with Crippen LogP contribution >= 0.6 is 0 Å². The van der Waals surface area contributed by atoms with Crippen LogP contribution in [0.2, 0.25) is 0 Å². The summed E-state index contributed by atoms with van der Waals surface area (Å²) in [6.45, 7) is 9.53. The molecule has 1 aliphatic rings. The maximum Gasteiger partial charge on any atom is 0.255 e. The number of hydrogen-bond acceptors (Lipinski definition) is 13. The minimum absolute atomic E-state index is 0.0142. The van der Waals surface area contributed by atoms with Crippen molar-refractivity contribution < 1.29 is 33.4 Å². The van der Waals surface area contributed by atoms with Crippen LogP contribution in [-0.4, -0.2) is 109 Å². The number of amides is 5. The highest BCUT2D eigenvalue weighted by Gasteiger charge is 2.34. The Morgan fingerprint density at radius 2 is 1.46 bits per heavy atom. The third-order valence-corrected chi connectivity index (χ3v) is 10.2. The highest BCUT2D eigenvalue weighted by Crippen LogP contribution is 2.40. The summed E-state index contributed by atoms with van der Waals surface area (Å²) in [5.74, 6) is -1.97. The quantitative estimate of drug-likeness (QED) is 0.0844. The number of hydrogen-bond donors (Lipinski definition) is 7. The lowest BCUT2D eigenvalue weighted by Gasteiger charge is -2.30. The minimum Gasteiger partial charge on any atom is -0.492 e. The fourth-order valence-electron chi connectivity index (χ4n) is 7.13. The maximum atomic E-state index is 14.3. The van der Waals surface area contributed by atoms with E-state index in [2.05, 4.69) is 38.2 Å². The lowest BCUT2D eigenvalue weighted by molar-refractivity contribution is -0.139. The fraction of sp³-hybridized carbons (Fsp3) is 0.404. The smallest absolute Gasteiger partial charge is 0.255 e. The van der Waals surface area contributed by atoms with Crippen molar-refractivity contribution in [2.45, 2.75) is 72.0 Å². The van der Waals surface area contributed by atoms with E-state index in [1.54, 1.807) is 50.2 Å². The second-order valence-corrected chi connectivity index (χ2v) is 15.3. The Bertz CT molecular complexity index is 2330. The molecule has 3 aromatic carbocycles. The Balaban J connectivity index is 0.00000300. The van der Waals surface area contributed by atoms with Gasteiger partial charge in [0.15, 0.2) is 5.82 Å². The van der Waals surface area contributed by atoms with Gasteiger partial charge in [-0.3, -0.25) is 24.0 Å². The summed E-state index contributed by atoms with van der Waals surface area (Å²) in [5, 5.41) is 19.7. The molecule has 1 aliphatic heterocycles. The number of nitrogens with one attached hydrogen (secondary N) is 4. The molecule has 346 valence electrons. The van der Waals surface area contributed by atoms with Gasteiger partial charge in [0, 0.05) is 43.2 Å². The van der Waals surface area contributed by atoms with Crippen molar-refractivity contribution in [3.8, 4) is 40.1 Å². The molecule has 18 nitrogen and oxygen atoms in total. The number of fused-ring (bicyclic) bond motifs is 5. The Hall–Kier alpha value is -6.94.